The maximum atomic E-state index is 5.87. The average Bonchev–Trinajstić information content (AvgIpc) is 2.58. The van der Waals surface area contributed by atoms with Gasteiger partial charge < -0.3 is 15.8 Å². The predicted octanol–water partition coefficient (Wildman–Crippen LogP) is 3.83. The zero-order valence-corrected chi connectivity index (χ0v) is 14.5. The van der Waals surface area contributed by atoms with Crippen molar-refractivity contribution in [3.63, 3.8) is 0 Å². The summed E-state index contributed by atoms with van der Waals surface area (Å²) in [4.78, 5) is 8.61. The first-order valence-electron chi connectivity index (χ1n) is 8.25. The maximum Gasteiger partial charge on any atom is 0.222 e. The van der Waals surface area contributed by atoms with Crippen LogP contribution < -0.4 is 15.8 Å². The summed E-state index contributed by atoms with van der Waals surface area (Å²) in [6.45, 7) is 5.30. The quantitative estimate of drug-likeness (QED) is 0.670. The molecule has 0 saturated heterocycles. The number of aryl methyl sites for hydroxylation is 2. The van der Waals surface area contributed by atoms with Gasteiger partial charge >= 0.3 is 0 Å². The highest BCUT2D eigenvalue weighted by molar-refractivity contribution is 5.65. The Bertz CT molecular complexity index is 829. The molecular formula is C20H22N4O. The van der Waals surface area contributed by atoms with Crippen LogP contribution in [0.25, 0.3) is 11.3 Å². The highest BCUT2D eigenvalue weighted by atomic mass is 16.5. The largest absolute Gasteiger partial charge is 0.492 e. The lowest BCUT2D eigenvalue weighted by atomic mass is 10.0. The molecule has 0 atom stereocenters. The molecule has 0 amide bonds. The lowest BCUT2D eigenvalue weighted by Gasteiger charge is -2.10. The van der Waals surface area contributed by atoms with Gasteiger partial charge in [-0.15, -0.1) is 0 Å². The number of rotatable bonds is 6. The highest BCUT2D eigenvalue weighted by Gasteiger charge is 2.06. The van der Waals surface area contributed by atoms with Gasteiger partial charge in [-0.25, -0.2) is 4.98 Å². The molecule has 0 saturated carbocycles. The lowest BCUT2D eigenvalue weighted by molar-refractivity contribution is 0.333. The number of nitrogens with zero attached hydrogens (tertiary/aromatic N) is 2. The number of hydrogen-bond acceptors (Lipinski definition) is 5. The summed E-state index contributed by atoms with van der Waals surface area (Å²) in [5, 5.41) is 3.24. The number of benzene rings is 2. The number of nitrogens with two attached hydrogens (primary N) is 1. The van der Waals surface area contributed by atoms with Crippen molar-refractivity contribution in [2.24, 2.45) is 0 Å². The van der Waals surface area contributed by atoms with Crippen molar-refractivity contribution in [3.8, 4) is 17.0 Å². The summed E-state index contributed by atoms with van der Waals surface area (Å²) in [6.07, 6.45) is 0. The minimum atomic E-state index is 0.253. The Hall–Kier alpha value is -3.08. The number of nitrogens with one attached hydrogen (secondary N) is 1. The molecule has 3 aromatic rings. The van der Waals surface area contributed by atoms with Gasteiger partial charge in [-0.3, -0.25) is 0 Å². The third kappa shape index (κ3) is 4.70. The molecule has 1 aromatic heterocycles. The third-order valence-electron chi connectivity index (χ3n) is 3.68. The van der Waals surface area contributed by atoms with E-state index in [9.17, 15) is 0 Å². The van der Waals surface area contributed by atoms with Crippen molar-refractivity contribution in [2.75, 3.05) is 24.2 Å². The summed E-state index contributed by atoms with van der Waals surface area (Å²) >= 11 is 0. The molecule has 3 N–H and O–H groups in total. The number of nitrogen functional groups attached to an aromatic ring is 1. The fraction of sp³-hybridized carbons (Fsp3) is 0.200. The number of para-hydroxylation sites is 1. The first kappa shape index (κ1) is 16.8. The zero-order chi connectivity index (χ0) is 17.6. The molecule has 0 spiro atoms. The Morgan fingerprint density at radius 2 is 1.68 bits per heavy atom. The van der Waals surface area contributed by atoms with E-state index in [2.05, 4.69) is 47.3 Å². The first-order chi connectivity index (χ1) is 12.1. The van der Waals surface area contributed by atoms with Crippen LogP contribution in [0.5, 0.6) is 5.75 Å². The molecular weight excluding hydrogens is 312 g/mol. The van der Waals surface area contributed by atoms with Crippen molar-refractivity contribution in [3.05, 3.63) is 65.7 Å². The van der Waals surface area contributed by atoms with Crippen LogP contribution >= 0.6 is 0 Å². The van der Waals surface area contributed by atoms with Gasteiger partial charge in [0.1, 0.15) is 18.2 Å². The van der Waals surface area contributed by atoms with Crippen LogP contribution in [0.3, 0.4) is 0 Å². The van der Waals surface area contributed by atoms with E-state index in [4.69, 9.17) is 10.5 Å². The van der Waals surface area contributed by atoms with Gasteiger partial charge in [-0.1, -0.05) is 35.4 Å². The van der Waals surface area contributed by atoms with E-state index in [-0.39, 0.29) is 5.95 Å². The van der Waals surface area contributed by atoms with Gasteiger partial charge in [-0.2, -0.15) is 4.98 Å². The van der Waals surface area contributed by atoms with Gasteiger partial charge in [0, 0.05) is 11.6 Å². The minimum Gasteiger partial charge on any atom is -0.492 e. The minimum absolute atomic E-state index is 0.253. The first-order valence-corrected chi connectivity index (χ1v) is 8.25. The van der Waals surface area contributed by atoms with E-state index in [1.807, 2.05) is 36.4 Å². The summed E-state index contributed by atoms with van der Waals surface area (Å²) in [7, 11) is 0. The summed E-state index contributed by atoms with van der Waals surface area (Å²) in [5.74, 6) is 1.80. The molecule has 5 heteroatoms. The van der Waals surface area contributed by atoms with E-state index >= 15 is 0 Å². The van der Waals surface area contributed by atoms with Gasteiger partial charge in [-0.05, 0) is 38.1 Å². The maximum absolute atomic E-state index is 5.87. The summed E-state index contributed by atoms with van der Waals surface area (Å²) < 4.78 is 5.67. The van der Waals surface area contributed by atoms with E-state index < -0.39 is 0 Å². The number of ether oxygens (including phenoxy) is 1. The Balaban J connectivity index is 1.67. The topological polar surface area (TPSA) is 73.1 Å². The molecule has 0 unspecified atom stereocenters. The molecule has 0 fully saturated rings. The second-order valence-electron chi connectivity index (χ2n) is 5.96. The molecule has 0 aliphatic rings. The van der Waals surface area contributed by atoms with Crippen LogP contribution in [0.15, 0.2) is 54.6 Å². The fourth-order valence-electron chi connectivity index (χ4n) is 2.69. The third-order valence-corrected chi connectivity index (χ3v) is 3.68. The normalized spacial score (nSPS) is 10.5. The Morgan fingerprint density at radius 3 is 2.40 bits per heavy atom. The highest BCUT2D eigenvalue weighted by Crippen LogP contribution is 2.23. The molecule has 25 heavy (non-hydrogen) atoms. The fourth-order valence-corrected chi connectivity index (χ4v) is 2.69. The molecule has 0 aliphatic heterocycles. The second-order valence-corrected chi connectivity index (χ2v) is 5.96. The summed E-state index contributed by atoms with van der Waals surface area (Å²) in [6, 6.07) is 18.0. The molecule has 2 aromatic carbocycles. The van der Waals surface area contributed by atoms with E-state index in [0.29, 0.717) is 19.0 Å². The predicted molar refractivity (Wildman–Crippen MR) is 102 cm³/mol. The summed E-state index contributed by atoms with van der Waals surface area (Å²) in [5.41, 5.74) is 10.1. The van der Waals surface area contributed by atoms with Crippen molar-refractivity contribution in [2.45, 2.75) is 13.8 Å². The smallest absolute Gasteiger partial charge is 0.222 e. The van der Waals surface area contributed by atoms with Gasteiger partial charge in [0.2, 0.25) is 5.95 Å². The van der Waals surface area contributed by atoms with Gasteiger partial charge in [0.05, 0.1) is 12.2 Å². The van der Waals surface area contributed by atoms with E-state index in [0.717, 1.165) is 17.0 Å². The zero-order valence-electron chi connectivity index (χ0n) is 14.5. The molecule has 0 radical (unpaired) electrons. The Morgan fingerprint density at radius 1 is 0.960 bits per heavy atom. The van der Waals surface area contributed by atoms with Crippen LogP contribution in [-0.2, 0) is 0 Å². The molecule has 128 valence electrons. The number of aromatic nitrogens is 2. The van der Waals surface area contributed by atoms with E-state index in [1.54, 1.807) is 0 Å². The second kappa shape index (κ2) is 7.66. The molecule has 3 rings (SSSR count). The number of hydrogen-bond donors (Lipinski definition) is 2. The number of anilines is 2. The Labute approximate surface area is 147 Å². The SMILES string of the molecule is Cc1cc(C)cc(-c2cc(NCCOc3ccccc3)nc(N)n2)c1. The lowest BCUT2D eigenvalue weighted by Crippen LogP contribution is -2.13. The van der Waals surface area contributed by atoms with Crippen LogP contribution in [0.4, 0.5) is 11.8 Å². The molecule has 0 bridgehead atoms. The standard InChI is InChI=1S/C20H22N4O/c1-14-10-15(2)12-16(11-14)18-13-19(24-20(21)23-18)22-8-9-25-17-6-4-3-5-7-17/h3-7,10-13H,8-9H2,1-2H3,(H3,21,22,23,24). The average molecular weight is 334 g/mol. The Kier molecular flexibility index (Phi) is 5.14. The van der Waals surface area contributed by atoms with Crippen LogP contribution in [0.2, 0.25) is 0 Å². The van der Waals surface area contributed by atoms with Crippen molar-refractivity contribution >= 4 is 11.8 Å². The molecule has 1 heterocycles. The van der Waals surface area contributed by atoms with Gasteiger partial charge in [0.25, 0.3) is 0 Å². The molecule has 5 nitrogen and oxygen atoms in total. The van der Waals surface area contributed by atoms with Crippen LogP contribution in [-0.4, -0.2) is 23.1 Å². The van der Waals surface area contributed by atoms with Crippen molar-refractivity contribution in [1.82, 2.24) is 9.97 Å². The van der Waals surface area contributed by atoms with Crippen LogP contribution in [0.1, 0.15) is 11.1 Å². The van der Waals surface area contributed by atoms with Crippen LogP contribution in [0, 0.1) is 13.8 Å². The van der Waals surface area contributed by atoms with Gasteiger partial charge in [0.15, 0.2) is 0 Å². The van der Waals surface area contributed by atoms with E-state index in [1.165, 1.54) is 11.1 Å². The van der Waals surface area contributed by atoms with Crippen molar-refractivity contribution < 1.29 is 4.74 Å². The molecule has 0 aliphatic carbocycles. The van der Waals surface area contributed by atoms with Crippen molar-refractivity contribution in [1.29, 1.82) is 0 Å². The monoisotopic (exact) mass is 334 g/mol.